The molecule has 0 saturated heterocycles. The van der Waals surface area contributed by atoms with Crippen LogP contribution in [0.15, 0.2) is 35.4 Å². The van der Waals surface area contributed by atoms with E-state index >= 15 is 0 Å². The number of ketones is 1. The van der Waals surface area contributed by atoms with Gasteiger partial charge in [0.1, 0.15) is 6.10 Å². The van der Waals surface area contributed by atoms with Gasteiger partial charge in [-0.2, -0.15) is 0 Å². The highest BCUT2D eigenvalue weighted by Crippen LogP contribution is 2.32. The number of carbonyl (C=O) groups is 1. The fourth-order valence-electron chi connectivity index (χ4n) is 2.67. The summed E-state index contributed by atoms with van der Waals surface area (Å²) in [5.74, 6) is -0.0298. The van der Waals surface area contributed by atoms with Crippen molar-refractivity contribution in [2.24, 2.45) is 5.92 Å². The highest BCUT2D eigenvalue weighted by molar-refractivity contribution is 6.30. The van der Waals surface area contributed by atoms with Crippen LogP contribution in [0.25, 0.3) is 0 Å². The average molecular weight is 313 g/mol. The van der Waals surface area contributed by atoms with Crippen LogP contribution in [0.1, 0.15) is 43.8 Å². The molecule has 0 amide bonds. The van der Waals surface area contributed by atoms with Gasteiger partial charge < -0.3 is 5.11 Å². The largest absolute Gasteiger partial charge is 0.383 e. The molecule has 1 fully saturated rings. The second-order valence-electron chi connectivity index (χ2n) is 5.22. The Morgan fingerprint density at radius 3 is 2.35 bits per heavy atom. The standard InChI is InChI=1S/C16H18Cl2O2/c17-10-14(15(19)11-4-2-1-3-5-11)16(20)12-6-8-13(18)9-7-12/h6-11,16,20H,1-5H2/b14-10-. The maximum Gasteiger partial charge on any atom is 0.165 e. The maximum absolute atomic E-state index is 12.5. The van der Waals surface area contributed by atoms with Crippen LogP contribution in [-0.2, 0) is 4.79 Å². The molecule has 20 heavy (non-hydrogen) atoms. The number of Topliss-reactive ketones (excluding diaryl/α,β-unsaturated/α-hetero) is 1. The molecule has 2 nitrogen and oxygen atoms in total. The molecule has 0 bridgehead atoms. The van der Waals surface area contributed by atoms with Gasteiger partial charge in [-0.1, -0.05) is 54.6 Å². The third-order valence-corrected chi connectivity index (χ3v) is 4.35. The molecule has 1 aliphatic rings. The van der Waals surface area contributed by atoms with Crippen LogP contribution in [-0.4, -0.2) is 10.9 Å². The van der Waals surface area contributed by atoms with Crippen LogP contribution in [0, 0.1) is 5.92 Å². The summed E-state index contributed by atoms with van der Waals surface area (Å²) < 4.78 is 0. The van der Waals surface area contributed by atoms with Crippen molar-refractivity contribution in [2.45, 2.75) is 38.2 Å². The van der Waals surface area contributed by atoms with Crippen molar-refractivity contribution in [3.05, 3.63) is 46.0 Å². The summed E-state index contributed by atoms with van der Waals surface area (Å²) >= 11 is 11.6. The number of hydrogen-bond donors (Lipinski definition) is 1. The molecule has 1 atom stereocenters. The minimum atomic E-state index is -0.987. The molecule has 1 aromatic carbocycles. The summed E-state index contributed by atoms with van der Waals surface area (Å²) in [6.07, 6.45) is 4.12. The van der Waals surface area contributed by atoms with Gasteiger partial charge in [0.2, 0.25) is 0 Å². The van der Waals surface area contributed by atoms with Crippen LogP contribution >= 0.6 is 23.2 Å². The molecule has 1 aliphatic carbocycles. The summed E-state index contributed by atoms with van der Waals surface area (Å²) in [5, 5.41) is 10.9. The Labute approximate surface area is 129 Å². The first-order valence-electron chi connectivity index (χ1n) is 6.91. The number of rotatable bonds is 4. The monoisotopic (exact) mass is 312 g/mol. The smallest absolute Gasteiger partial charge is 0.165 e. The molecule has 0 spiro atoms. The molecule has 108 valence electrons. The van der Waals surface area contributed by atoms with Crippen LogP contribution in [0.2, 0.25) is 5.02 Å². The number of hydrogen-bond acceptors (Lipinski definition) is 2. The van der Waals surface area contributed by atoms with E-state index in [-0.39, 0.29) is 17.3 Å². The molecule has 4 heteroatoms. The Bertz CT molecular complexity index is 488. The molecule has 1 unspecified atom stereocenters. The van der Waals surface area contributed by atoms with E-state index in [9.17, 15) is 9.90 Å². The van der Waals surface area contributed by atoms with E-state index in [1.54, 1.807) is 24.3 Å². The van der Waals surface area contributed by atoms with Crippen molar-refractivity contribution in [1.29, 1.82) is 0 Å². The molecular formula is C16H18Cl2O2. The number of halogens is 2. The predicted octanol–water partition coefficient (Wildman–Crippen LogP) is 4.65. The molecule has 1 aromatic rings. The van der Waals surface area contributed by atoms with Gasteiger partial charge in [0.25, 0.3) is 0 Å². The Morgan fingerprint density at radius 2 is 1.80 bits per heavy atom. The lowest BCUT2D eigenvalue weighted by atomic mass is 9.82. The maximum atomic E-state index is 12.5. The quantitative estimate of drug-likeness (QED) is 0.822. The SMILES string of the molecule is O=C(/C(=C/Cl)C(O)c1ccc(Cl)cc1)C1CCCCC1. The zero-order chi connectivity index (χ0) is 14.5. The summed E-state index contributed by atoms with van der Waals surface area (Å²) in [6, 6.07) is 6.80. The Balaban J connectivity index is 2.14. The van der Waals surface area contributed by atoms with Crippen molar-refractivity contribution in [2.75, 3.05) is 0 Å². The lowest BCUT2D eigenvalue weighted by Gasteiger charge is -2.23. The minimum Gasteiger partial charge on any atom is -0.383 e. The van der Waals surface area contributed by atoms with Gasteiger partial charge in [-0.3, -0.25) is 4.79 Å². The topological polar surface area (TPSA) is 37.3 Å². The number of aliphatic hydroxyl groups is 1. The third-order valence-electron chi connectivity index (χ3n) is 3.86. The zero-order valence-electron chi connectivity index (χ0n) is 11.2. The highest BCUT2D eigenvalue weighted by Gasteiger charge is 2.28. The highest BCUT2D eigenvalue weighted by atomic mass is 35.5. The third kappa shape index (κ3) is 3.63. The molecule has 0 aliphatic heterocycles. The van der Waals surface area contributed by atoms with E-state index in [4.69, 9.17) is 23.2 Å². The predicted molar refractivity (Wildman–Crippen MR) is 81.9 cm³/mol. The second kappa shape index (κ2) is 7.26. The normalized spacial score (nSPS) is 18.9. The first-order chi connectivity index (χ1) is 9.63. The van der Waals surface area contributed by atoms with Crippen molar-refractivity contribution >= 4 is 29.0 Å². The lowest BCUT2D eigenvalue weighted by Crippen LogP contribution is -2.22. The number of benzene rings is 1. The summed E-state index contributed by atoms with van der Waals surface area (Å²) in [6.45, 7) is 0. The Morgan fingerprint density at radius 1 is 1.20 bits per heavy atom. The van der Waals surface area contributed by atoms with Crippen LogP contribution in [0.4, 0.5) is 0 Å². The summed E-state index contributed by atoms with van der Waals surface area (Å²) in [7, 11) is 0. The number of aliphatic hydroxyl groups excluding tert-OH is 1. The summed E-state index contributed by atoms with van der Waals surface area (Å²) in [5.41, 5.74) is 2.13. The van der Waals surface area contributed by atoms with E-state index in [1.807, 2.05) is 0 Å². The van der Waals surface area contributed by atoms with E-state index in [1.165, 1.54) is 12.0 Å². The lowest BCUT2D eigenvalue weighted by molar-refractivity contribution is -0.121. The van der Waals surface area contributed by atoms with Gasteiger partial charge in [0.05, 0.1) is 0 Å². The van der Waals surface area contributed by atoms with Crippen molar-refractivity contribution < 1.29 is 9.90 Å². The molecule has 0 radical (unpaired) electrons. The average Bonchev–Trinajstić information content (AvgIpc) is 2.49. The number of carbonyl (C=O) groups excluding carboxylic acids is 1. The van der Waals surface area contributed by atoms with Gasteiger partial charge in [-0.25, -0.2) is 0 Å². The fraction of sp³-hybridized carbons (Fsp3) is 0.438. The second-order valence-corrected chi connectivity index (χ2v) is 5.87. The van der Waals surface area contributed by atoms with E-state index < -0.39 is 6.10 Å². The van der Waals surface area contributed by atoms with Gasteiger partial charge in [0.15, 0.2) is 5.78 Å². The molecule has 2 rings (SSSR count). The van der Waals surface area contributed by atoms with E-state index in [0.717, 1.165) is 25.7 Å². The molecule has 0 aromatic heterocycles. The molecule has 1 N–H and O–H groups in total. The first-order valence-corrected chi connectivity index (χ1v) is 7.73. The molecule has 0 heterocycles. The van der Waals surface area contributed by atoms with Gasteiger partial charge in [-0.05, 0) is 30.5 Å². The van der Waals surface area contributed by atoms with Gasteiger partial charge >= 0.3 is 0 Å². The van der Waals surface area contributed by atoms with Crippen LogP contribution < -0.4 is 0 Å². The zero-order valence-corrected chi connectivity index (χ0v) is 12.7. The van der Waals surface area contributed by atoms with Crippen molar-refractivity contribution in [1.82, 2.24) is 0 Å². The van der Waals surface area contributed by atoms with Gasteiger partial charge in [-0.15, -0.1) is 0 Å². The van der Waals surface area contributed by atoms with Crippen molar-refractivity contribution in [3.63, 3.8) is 0 Å². The van der Waals surface area contributed by atoms with Gasteiger partial charge in [0, 0.05) is 22.0 Å². The van der Waals surface area contributed by atoms with E-state index in [2.05, 4.69) is 0 Å². The Hall–Kier alpha value is -0.830. The fourth-order valence-corrected chi connectivity index (χ4v) is 3.03. The first kappa shape index (κ1) is 15.6. The molecular weight excluding hydrogens is 295 g/mol. The van der Waals surface area contributed by atoms with Crippen molar-refractivity contribution in [3.8, 4) is 0 Å². The minimum absolute atomic E-state index is 0.00398. The van der Waals surface area contributed by atoms with Crippen LogP contribution in [0.5, 0.6) is 0 Å². The van der Waals surface area contributed by atoms with Crippen LogP contribution in [0.3, 0.4) is 0 Å². The Kier molecular flexibility index (Phi) is 5.64. The van der Waals surface area contributed by atoms with E-state index in [0.29, 0.717) is 10.6 Å². The molecule has 1 saturated carbocycles. The summed E-state index contributed by atoms with van der Waals surface area (Å²) in [4.78, 5) is 12.5.